The molecule has 0 aliphatic rings. The molecule has 22 heavy (non-hydrogen) atoms. The van der Waals surface area contributed by atoms with Crippen molar-refractivity contribution in [2.24, 2.45) is 7.05 Å². The highest BCUT2D eigenvalue weighted by Crippen LogP contribution is 2.29. The van der Waals surface area contributed by atoms with Gasteiger partial charge in [-0.05, 0) is 12.1 Å². The Hall–Kier alpha value is -1.76. The number of rotatable bonds is 5. The summed E-state index contributed by atoms with van der Waals surface area (Å²) < 4.78 is 7.59. The first-order chi connectivity index (χ1) is 10.7. The molecular weight excluding hydrogens is 322 g/mol. The third kappa shape index (κ3) is 3.04. The van der Waals surface area contributed by atoms with Crippen LogP contribution in [0, 0.1) is 0 Å². The first-order valence-electron chi connectivity index (χ1n) is 6.63. The summed E-state index contributed by atoms with van der Waals surface area (Å²) in [6.45, 7) is -0.0281. The fourth-order valence-corrected chi connectivity index (χ4v) is 3.05. The number of benzene rings is 1. The van der Waals surface area contributed by atoms with Gasteiger partial charge in [-0.1, -0.05) is 35.5 Å². The van der Waals surface area contributed by atoms with Gasteiger partial charge in [0.1, 0.15) is 0 Å². The van der Waals surface area contributed by atoms with Gasteiger partial charge in [0.2, 0.25) is 5.89 Å². The van der Waals surface area contributed by atoms with E-state index in [1.165, 1.54) is 11.8 Å². The van der Waals surface area contributed by atoms with Gasteiger partial charge in [0.15, 0.2) is 10.9 Å². The lowest BCUT2D eigenvalue weighted by Gasteiger charge is -2.02. The van der Waals surface area contributed by atoms with Crippen molar-refractivity contribution in [1.29, 1.82) is 0 Å². The molecule has 0 aliphatic heterocycles. The standard InChI is InChI=1S/C15H14ClN3O2S/c1-19-10(8-20)6-18-15(19)22-9-14-17-7-13(21-14)11-4-2-3-5-12(11)16/h2-7,20H,8-9H2,1H3. The highest BCUT2D eigenvalue weighted by Gasteiger charge is 2.12. The van der Waals surface area contributed by atoms with E-state index in [-0.39, 0.29) is 6.61 Å². The maximum absolute atomic E-state index is 9.16. The van der Waals surface area contributed by atoms with Crippen molar-refractivity contribution in [2.45, 2.75) is 17.5 Å². The SMILES string of the molecule is Cn1c(CO)cnc1SCc1ncc(-c2ccccc2Cl)o1. The zero-order chi connectivity index (χ0) is 15.5. The normalized spacial score (nSPS) is 11.0. The van der Waals surface area contributed by atoms with Crippen molar-refractivity contribution >= 4 is 23.4 Å². The molecule has 0 radical (unpaired) electrons. The van der Waals surface area contributed by atoms with E-state index in [9.17, 15) is 0 Å². The Labute approximate surface area is 137 Å². The molecule has 0 fully saturated rings. The van der Waals surface area contributed by atoms with E-state index in [2.05, 4.69) is 9.97 Å². The van der Waals surface area contributed by atoms with Crippen molar-refractivity contribution in [3.8, 4) is 11.3 Å². The minimum absolute atomic E-state index is 0.0281. The molecule has 7 heteroatoms. The van der Waals surface area contributed by atoms with Crippen LogP contribution in [0.5, 0.6) is 0 Å². The van der Waals surface area contributed by atoms with Crippen molar-refractivity contribution in [1.82, 2.24) is 14.5 Å². The van der Waals surface area contributed by atoms with Crippen molar-refractivity contribution < 1.29 is 9.52 Å². The van der Waals surface area contributed by atoms with E-state index in [4.69, 9.17) is 21.1 Å². The summed E-state index contributed by atoms with van der Waals surface area (Å²) in [6.07, 6.45) is 3.34. The third-order valence-corrected chi connectivity index (χ3v) is 4.58. The minimum atomic E-state index is -0.0281. The molecule has 1 aromatic carbocycles. The molecule has 3 rings (SSSR count). The molecule has 0 unspecified atom stereocenters. The van der Waals surface area contributed by atoms with E-state index in [1.54, 1.807) is 12.4 Å². The van der Waals surface area contributed by atoms with Crippen molar-refractivity contribution in [2.75, 3.05) is 0 Å². The van der Waals surface area contributed by atoms with Crippen LogP contribution in [-0.2, 0) is 19.4 Å². The summed E-state index contributed by atoms with van der Waals surface area (Å²) in [6, 6.07) is 7.49. The van der Waals surface area contributed by atoms with Gasteiger partial charge in [-0.25, -0.2) is 9.97 Å². The Morgan fingerprint density at radius 1 is 1.27 bits per heavy atom. The second kappa shape index (κ2) is 6.56. The van der Waals surface area contributed by atoms with Crippen LogP contribution in [0.3, 0.4) is 0 Å². The molecule has 114 valence electrons. The molecule has 5 nitrogen and oxygen atoms in total. The quantitative estimate of drug-likeness (QED) is 0.723. The minimum Gasteiger partial charge on any atom is -0.440 e. The zero-order valence-corrected chi connectivity index (χ0v) is 13.4. The second-order valence-electron chi connectivity index (χ2n) is 4.64. The maximum atomic E-state index is 9.16. The molecule has 0 saturated heterocycles. The van der Waals surface area contributed by atoms with Crippen LogP contribution in [0.2, 0.25) is 5.02 Å². The average Bonchev–Trinajstić information content (AvgIpc) is 3.12. The molecule has 3 aromatic rings. The first kappa shape index (κ1) is 15.1. The van der Waals surface area contributed by atoms with Gasteiger partial charge in [-0.3, -0.25) is 0 Å². The molecule has 0 bridgehead atoms. The van der Waals surface area contributed by atoms with Gasteiger partial charge in [-0.2, -0.15) is 0 Å². The van der Waals surface area contributed by atoms with Crippen LogP contribution >= 0.6 is 23.4 Å². The van der Waals surface area contributed by atoms with Gasteiger partial charge in [0.05, 0.1) is 35.5 Å². The predicted molar refractivity (Wildman–Crippen MR) is 85.6 cm³/mol. The Bertz CT molecular complexity index is 785. The summed E-state index contributed by atoms with van der Waals surface area (Å²) >= 11 is 7.65. The van der Waals surface area contributed by atoms with Gasteiger partial charge in [0, 0.05) is 12.6 Å². The Morgan fingerprint density at radius 2 is 2.09 bits per heavy atom. The molecule has 0 spiro atoms. The van der Waals surface area contributed by atoms with Crippen LogP contribution in [0.1, 0.15) is 11.6 Å². The number of imidazole rings is 1. The lowest BCUT2D eigenvalue weighted by atomic mass is 10.2. The highest BCUT2D eigenvalue weighted by molar-refractivity contribution is 7.98. The topological polar surface area (TPSA) is 64.1 Å². The molecule has 2 aromatic heterocycles. The highest BCUT2D eigenvalue weighted by atomic mass is 35.5. The van der Waals surface area contributed by atoms with E-state index in [0.29, 0.717) is 22.4 Å². The molecule has 0 aliphatic carbocycles. The van der Waals surface area contributed by atoms with Crippen molar-refractivity contribution in [3.05, 3.63) is 53.3 Å². The lowest BCUT2D eigenvalue weighted by molar-refractivity contribution is 0.271. The number of nitrogens with zero attached hydrogens (tertiary/aromatic N) is 3. The summed E-state index contributed by atoms with van der Waals surface area (Å²) in [4.78, 5) is 8.53. The fraction of sp³-hybridized carbons (Fsp3) is 0.200. The Balaban J connectivity index is 1.72. The van der Waals surface area contributed by atoms with Crippen LogP contribution < -0.4 is 0 Å². The van der Waals surface area contributed by atoms with E-state index in [1.807, 2.05) is 35.9 Å². The number of aromatic nitrogens is 3. The molecular formula is C15H14ClN3O2S. The number of hydrogen-bond acceptors (Lipinski definition) is 5. The van der Waals surface area contributed by atoms with E-state index >= 15 is 0 Å². The number of thioether (sulfide) groups is 1. The number of halogens is 1. The zero-order valence-electron chi connectivity index (χ0n) is 11.9. The second-order valence-corrected chi connectivity index (χ2v) is 5.99. The summed E-state index contributed by atoms with van der Waals surface area (Å²) in [7, 11) is 1.87. The molecule has 0 saturated carbocycles. The van der Waals surface area contributed by atoms with Crippen LogP contribution in [-0.4, -0.2) is 19.6 Å². The van der Waals surface area contributed by atoms with Crippen LogP contribution in [0.15, 0.2) is 46.2 Å². The number of aliphatic hydroxyl groups excluding tert-OH is 1. The number of oxazole rings is 1. The summed E-state index contributed by atoms with van der Waals surface area (Å²) in [5, 5.41) is 10.6. The van der Waals surface area contributed by atoms with E-state index < -0.39 is 0 Å². The number of hydrogen-bond donors (Lipinski definition) is 1. The van der Waals surface area contributed by atoms with Gasteiger partial charge in [-0.15, -0.1) is 0 Å². The fourth-order valence-electron chi connectivity index (χ4n) is 2.00. The molecule has 1 N–H and O–H groups in total. The van der Waals surface area contributed by atoms with Gasteiger partial charge in [0.25, 0.3) is 0 Å². The smallest absolute Gasteiger partial charge is 0.205 e. The monoisotopic (exact) mass is 335 g/mol. The maximum Gasteiger partial charge on any atom is 0.205 e. The molecule has 0 atom stereocenters. The van der Waals surface area contributed by atoms with Crippen LogP contribution in [0.25, 0.3) is 11.3 Å². The first-order valence-corrected chi connectivity index (χ1v) is 7.99. The molecule has 2 heterocycles. The number of aliphatic hydroxyl groups is 1. The van der Waals surface area contributed by atoms with Crippen LogP contribution in [0.4, 0.5) is 0 Å². The largest absolute Gasteiger partial charge is 0.440 e. The molecule has 0 amide bonds. The lowest BCUT2D eigenvalue weighted by Crippen LogP contribution is -1.97. The van der Waals surface area contributed by atoms with Gasteiger partial charge < -0.3 is 14.1 Å². The third-order valence-electron chi connectivity index (χ3n) is 3.22. The van der Waals surface area contributed by atoms with E-state index in [0.717, 1.165) is 16.4 Å². The average molecular weight is 336 g/mol. The Morgan fingerprint density at radius 3 is 2.82 bits per heavy atom. The van der Waals surface area contributed by atoms with Crippen molar-refractivity contribution in [3.63, 3.8) is 0 Å². The predicted octanol–water partition coefficient (Wildman–Crippen LogP) is 3.51. The Kier molecular flexibility index (Phi) is 4.52. The van der Waals surface area contributed by atoms with Gasteiger partial charge >= 0.3 is 0 Å². The summed E-state index contributed by atoms with van der Waals surface area (Å²) in [5.74, 6) is 1.81. The summed E-state index contributed by atoms with van der Waals surface area (Å²) in [5.41, 5.74) is 1.60.